The summed E-state index contributed by atoms with van der Waals surface area (Å²) in [6, 6.07) is 4.13. The quantitative estimate of drug-likeness (QED) is 0.435. The van der Waals surface area contributed by atoms with Crippen LogP contribution in [0, 0.1) is 10.1 Å². The first-order valence-electron chi connectivity index (χ1n) is 5.85. The SMILES string of the molecule is CNCCCNC(=O)c1ccc(OC)c([N+](=O)[O-])c1. The third-order valence-corrected chi connectivity index (χ3v) is 2.53. The molecule has 0 unspecified atom stereocenters. The second-order valence-corrected chi connectivity index (χ2v) is 3.86. The zero-order chi connectivity index (χ0) is 14.3. The van der Waals surface area contributed by atoms with Gasteiger partial charge in [-0.05, 0) is 32.1 Å². The Morgan fingerprint density at radius 1 is 1.42 bits per heavy atom. The summed E-state index contributed by atoms with van der Waals surface area (Å²) in [5.41, 5.74) is 0.0299. The molecule has 0 aromatic heterocycles. The van der Waals surface area contributed by atoms with E-state index >= 15 is 0 Å². The number of nitrogens with one attached hydrogen (secondary N) is 2. The minimum atomic E-state index is -0.573. The highest BCUT2D eigenvalue weighted by molar-refractivity contribution is 5.95. The summed E-state index contributed by atoms with van der Waals surface area (Å²) in [4.78, 5) is 22.1. The number of nitrogens with zero attached hydrogens (tertiary/aromatic N) is 1. The van der Waals surface area contributed by atoms with E-state index in [1.54, 1.807) is 0 Å². The van der Waals surface area contributed by atoms with Gasteiger partial charge in [-0.3, -0.25) is 14.9 Å². The maximum atomic E-state index is 11.8. The van der Waals surface area contributed by atoms with Gasteiger partial charge in [-0.1, -0.05) is 0 Å². The Balaban J connectivity index is 2.75. The van der Waals surface area contributed by atoms with Crippen LogP contribution in [0.2, 0.25) is 0 Å². The fraction of sp³-hybridized carbons (Fsp3) is 0.417. The van der Waals surface area contributed by atoms with Gasteiger partial charge in [-0.2, -0.15) is 0 Å². The summed E-state index contributed by atoms with van der Waals surface area (Å²) in [6.45, 7) is 1.31. The van der Waals surface area contributed by atoms with E-state index in [4.69, 9.17) is 4.74 Å². The van der Waals surface area contributed by atoms with E-state index in [1.807, 2.05) is 7.05 Å². The van der Waals surface area contributed by atoms with Crippen molar-refractivity contribution in [2.24, 2.45) is 0 Å². The maximum absolute atomic E-state index is 11.8. The van der Waals surface area contributed by atoms with E-state index in [1.165, 1.54) is 25.3 Å². The van der Waals surface area contributed by atoms with Gasteiger partial charge in [0.2, 0.25) is 0 Å². The molecule has 1 rings (SSSR count). The number of benzene rings is 1. The molecule has 7 nitrogen and oxygen atoms in total. The number of hydrogen-bond donors (Lipinski definition) is 2. The lowest BCUT2D eigenvalue weighted by Gasteiger charge is -2.06. The molecule has 0 radical (unpaired) electrons. The zero-order valence-electron chi connectivity index (χ0n) is 10.9. The fourth-order valence-corrected chi connectivity index (χ4v) is 1.54. The van der Waals surface area contributed by atoms with Crippen molar-refractivity contribution >= 4 is 11.6 Å². The molecule has 0 aliphatic carbocycles. The molecular weight excluding hydrogens is 250 g/mol. The zero-order valence-corrected chi connectivity index (χ0v) is 10.9. The number of rotatable bonds is 7. The van der Waals surface area contributed by atoms with Crippen molar-refractivity contribution in [1.29, 1.82) is 0 Å². The summed E-state index contributed by atoms with van der Waals surface area (Å²) in [5, 5.41) is 16.5. The van der Waals surface area contributed by atoms with Gasteiger partial charge >= 0.3 is 5.69 Å². The smallest absolute Gasteiger partial charge is 0.311 e. The van der Waals surface area contributed by atoms with Gasteiger partial charge in [0.25, 0.3) is 5.91 Å². The van der Waals surface area contributed by atoms with Crippen LogP contribution in [0.25, 0.3) is 0 Å². The average Bonchev–Trinajstić information content (AvgIpc) is 2.42. The lowest BCUT2D eigenvalue weighted by Crippen LogP contribution is -2.26. The largest absolute Gasteiger partial charge is 0.490 e. The van der Waals surface area contributed by atoms with E-state index in [0.29, 0.717) is 6.54 Å². The Kier molecular flexibility index (Phi) is 5.74. The predicted molar refractivity (Wildman–Crippen MR) is 70.5 cm³/mol. The molecule has 0 aliphatic rings. The van der Waals surface area contributed by atoms with E-state index < -0.39 is 4.92 Å². The number of nitro benzene ring substituents is 1. The van der Waals surface area contributed by atoms with Crippen LogP contribution in [0.4, 0.5) is 5.69 Å². The number of ether oxygens (including phenoxy) is 1. The minimum absolute atomic E-state index is 0.136. The summed E-state index contributed by atoms with van der Waals surface area (Å²) >= 11 is 0. The van der Waals surface area contributed by atoms with Crippen LogP contribution >= 0.6 is 0 Å². The van der Waals surface area contributed by atoms with Crippen molar-refractivity contribution in [3.8, 4) is 5.75 Å². The van der Waals surface area contributed by atoms with E-state index in [-0.39, 0.29) is 22.9 Å². The molecule has 2 N–H and O–H groups in total. The molecule has 0 spiro atoms. The maximum Gasteiger partial charge on any atom is 0.311 e. The van der Waals surface area contributed by atoms with Crippen molar-refractivity contribution < 1.29 is 14.5 Å². The molecule has 1 aromatic rings. The monoisotopic (exact) mass is 267 g/mol. The Labute approximate surface area is 111 Å². The molecule has 104 valence electrons. The van der Waals surface area contributed by atoms with E-state index in [0.717, 1.165) is 13.0 Å². The molecule has 0 atom stereocenters. The molecule has 0 aliphatic heterocycles. The normalized spacial score (nSPS) is 10.0. The fourth-order valence-electron chi connectivity index (χ4n) is 1.54. The standard InChI is InChI=1S/C12H17N3O4/c1-13-6-3-7-14-12(16)9-4-5-11(19-2)10(8-9)15(17)18/h4-5,8,13H,3,6-7H2,1-2H3,(H,14,16). The van der Waals surface area contributed by atoms with Crippen LogP contribution < -0.4 is 15.4 Å². The minimum Gasteiger partial charge on any atom is -0.490 e. The van der Waals surface area contributed by atoms with Crippen molar-refractivity contribution in [3.05, 3.63) is 33.9 Å². The Morgan fingerprint density at radius 2 is 2.16 bits per heavy atom. The molecule has 0 fully saturated rings. The number of amides is 1. The molecule has 0 saturated carbocycles. The van der Waals surface area contributed by atoms with Crippen LogP contribution in [0.15, 0.2) is 18.2 Å². The van der Waals surface area contributed by atoms with E-state index in [9.17, 15) is 14.9 Å². The number of carbonyl (C=O) groups excluding carboxylic acids is 1. The first-order chi connectivity index (χ1) is 9.10. The molecule has 0 heterocycles. The molecule has 19 heavy (non-hydrogen) atoms. The van der Waals surface area contributed by atoms with Gasteiger partial charge in [-0.25, -0.2) is 0 Å². The van der Waals surface area contributed by atoms with Crippen LogP contribution in [-0.2, 0) is 0 Å². The van der Waals surface area contributed by atoms with Crippen LogP contribution in [0.3, 0.4) is 0 Å². The Bertz CT molecular complexity index is 462. The van der Waals surface area contributed by atoms with Gasteiger partial charge in [0.1, 0.15) is 0 Å². The Morgan fingerprint density at radius 3 is 2.74 bits per heavy atom. The van der Waals surface area contributed by atoms with Crippen LogP contribution in [-0.4, -0.2) is 38.1 Å². The van der Waals surface area contributed by atoms with E-state index in [2.05, 4.69) is 10.6 Å². The first kappa shape index (κ1) is 14.9. The molecule has 1 aromatic carbocycles. The summed E-state index contributed by atoms with van der Waals surface area (Å²) in [5.74, 6) is -0.196. The van der Waals surface area contributed by atoms with Gasteiger partial charge in [-0.15, -0.1) is 0 Å². The molecule has 7 heteroatoms. The molecular formula is C12H17N3O4. The topological polar surface area (TPSA) is 93.5 Å². The third-order valence-electron chi connectivity index (χ3n) is 2.53. The van der Waals surface area contributed by atoms with Crippen LogP contribution in [0.1, 0.15) is 16.8 Å². The summed E-state index contributed by atoms with van der Waals surface area (Å²) < 4.78 is 4.87. The number of nitro groups is 1. The summed E-state index contributed by atoms with van der Waals surface area (Å²) in [7, 11) is 3.18. The van der Waals surface area contributed by atoms with Crippen molar-refractivity contribution in [2.45, 2.75) is 6.42 Å². The first-order valence-corrected chi connectivity index (χ1v) is 5.85. The van der Waals surface area contributed by atoms with Crippen molar-refractivity contribution in [1.82, 2.24) is 10.6 Å². The predicted octanol–water partition coefficient (Wildman–Crippen LogP) is 0.943. The van der Waals surface area contributed by atoms with Crippen LogP contribution in [0.5, 0.6) is 5.75 Å². The second kappa shape index (κ2) is 7.32. The van der Waals surface area contributed by atoms with Gasteiger partial charge in [0.15, 0.2) is 5.75 Å². The molecule has 1 amide bonds. The highest BCUT2D eigenvalue weighted by Gasteiger charge is 2.17. The molecule has 0 saturated heterocycles. The highest BCUT2D eigenvalue weighted by Crippen LogP contribution is 2.27. The van der Waals surface area contributed by atoms with Crippen molar-refractivity contribution in [2.75, 3.05) is 27.2 Å². The lowest BCUT2D eigenvalue weighted by atomic mass is 10.1. The Hall–Kier alpha value is -2.15. The third kappa shape index (κ3) is 4.22. The van der Waals surface area contributed by atoms with Crippen molar-refractivity contribution in [3.63, 3.8) is 0 Å². The summed E-state index contributed by atoms with van der Waals surface area (Å²) in [6.07, 6.45) is 0.792. The van der Waals surface area contributed by atoms with Gasteiger partial charge in [0.05, 0.1) is 12.0 Å². The number of methoxy groups -OCH3 is 1. The number of hydrogen-bond acceptors (Lipinski definition) is 5. The van der Waals surface area contributed by atoms with Gasteiger partial charge in [0, 0.05) is 18.2 Å². The second-order valence-electron chi connectivity index (χ2n) is 3.86. The molecule has 0 bridgehead atoms. The van der Waals surface area contributed by atoms with Gasteiger partial charge < -0.3 is 15.4 Å². The highest BCUT2D eigenvalue weighted by atomic mass is 16.6. The number of carbonyl (C=O) groups is 1. The average molecular weight is 267 g/mol. The lowest BCUT2D eigenvalue weighted by molar-refractivity contribution is -0.385.